The molecule has 3 heterocycles. The molecule has 0 unspecified atom stereocenters. The normalized spacial score (nSPS) is 10.7. The maximum atomic E-state index is 9.04. The van der Waals surface area contributed by atoms with Crippen molar-refractivity contribution in [3.63, 3.8) is 0 Å². The number of aryl methyl sites for hydroxylation is 1. The summed E-state index contributed by atoms with van der Waals surface area (Å²) >= 11 is 12.6. The average Bonchev–Trinajstić information content (AvgIpc) is 3.06. The third-order valence-electron chi connectivity index (χ3n) is 4.08. The van der Waals surface area contributed by atoms with Crippen molar-refractivity contribution in [3.8, 4) is 11.8 Å². The van der Waals surface area contributed by atoms with E-state index < -0.39 is 0 Å². The summed E-state index contributed by atoms with van der Waals surface area (Å²) in [6.07, 6.45) is 5.01. The average molecular weight is 395 g/mol. The maximum absolute atomic E-state index is 9.04. The van der Waals surface area contributed by atoms with Crippen LogP contribution in [-0.2, 0) is 0 Å². The van der Waals surface area contributed by atoms with Crippen LogP contribution < -0.4 is 5.32 Å². The Morgan fingerprint density at radius 3 is 2.63 bits per heavy atom. The number of anilines is 2. The fourth-order valence-corrected chi connectivity index (χ4v) is 3.30. The minimum absolute atomic E-state index is 0.502. The van der Waals surface area contributed by atoms with Crippen molar-refractivity contribution in [3.05, 3.63) is 70.1 Å². The highest BCUT2D eigenvalue weighted by Crippen LogP contribution is 2.31. The zero-order chi connectivity index (χ0) is 19.0. The molecule has 132 valence electrons. The molecule has 0 saturated carbocycles. The van der Waals surface area contributed by atoms with E-state index in [4.69, 9.17) is 28.5 Å². The molecule has 6 nitrogen and oxygen atoms in total. The van der Waals surface area contributed by atoms with Crippen molar-refractivity contribution < 1.29 is 0 Å². The summed E-state index contributed by atoms with van der Waals surface area (Å²) in [5.74, 6) is 1.19. The second-order valence-corrected chi connectivity index (χ2v) is 6.67. The van der Waals surface area contributed by atoms with Crippen LogP contribution in [0.1, 0.15) is 11.1 Å². The topological polar surface area (TPSA) is 79.4 Å². The molecule has 8 heteroatoms. The molecule has 1 N–H and O–H groups in total. The Labute approximate surface area is 165 Å². The number of rotatable bonds is 3. The van der Waals surface area contributed by atoms with Crippen molar-refractivity contribution in [2.75, 3.05) is 5.32 Å². The standard InChI is InChI=1S/C19H12Cl2N6/c1-11-7-17(24-9-12(11)8-22)25-19-13-10-27(26-16(13)5-6-23-19)18-14(20)3-2-4-15(18)21/h2-7,9-10H,1H3,(H,23,24,25). The van der Waals surface area contributed by atoms with E-state index in [0.717, 1.165) is 16.5 Å². The highest BCUT2D eigenvalue weighted by molar-refractivity contribution is 6.37. The van der Waals surface area contributed by atoms with Gasteiger partial charge >= 0.3 is 0 Å². The van der Waals surface area contributed by atoms with Gasteiger partial charge in [0.15, 0.2) is 0 Å². The Morgan fingerprint density at radius 1 is 1.15 bits per heavy atom. The van der Waals surface area contributed by atoms with Crippen LogP contribution in [-0.4, -0.2) is 19.7 Å². The first kappa shape index (κ1) is 17.3. The van der Waals surface area contributed by atoms with Gasteiger partial charge in [0.25, 0.3) is 0 Å². The molecule has 0 aliphatic heterocycles. The molecule has 0 radical (unpaired) electrons. The van der Waals surface area contributed by atoms with Gasteiger partial charge in [0, 0.05) is 18.6 Å². The molecular formula is C19H12Cl2N6. The Balaban J connectivity index is 1.78. The number of pyridine rings is 2. The number of nitriles is 1. The monoisotopic (exact) mass is 394 g/mol. The Kier molecular flexibility index (Phi) is 4.40. The first-order chi connectivity index (χ1) is 13.1. The fraction of sp³-hybridized carbons (Fsp3) is 0.0526. The summed E-state index contributed by atoms with van der Waals surface area (Å²) < 4.78 is 1.64. The second-order valence-electron chi connectivity index (χ2n) is 5.86. The third-order valence-corrected chi connectivity index (χ3v) is 4.69. The first-order valence-corrected chi connectivity index (χ1v) is 8.75. The molecular weight excluding hydrogens is 383 g/mol. The summed E-state index contributed by atoms with van der Waals surface area (Å²) in [6.45, 7) is 1.86. The molecule has 0 atom stereocenters. The molecule has 3 aromatic heterocycles. The van der Waals surface area contributed by atoms with Crippen LogP contribution in [0.3, 0.4) is 0 Å². The van der Waals surface area contributed by atoms with Crippen molar-refractivity contribution >= 4 is 45.7 Å². The van der Waals surface area contributed by atoms with Crippen LogP contribution in [0.4, 0.5) is 11.6 Å². The van der Waals surface area contributed by atoms with Crippen molar-refractivity contribution in [1.82, 2.24) is 19.7 Å². The van der Waals surface area contributed by atoms with Gasteiger partial charge in [-0.15, -0.1) is 0 Å². The largest absolute Gasteiger partial charge is 0.324 e. The van der Waals surface area contributed by atoms with E-state index in [2.05, 4.69) is 26.5 Å². The second kappa shape index (κ2) is 6.88. The number of nitrogens with zero attached hydrogens (tertiary/aromatic N) is 5. The van der Waals surface area contributed by atoms with E-state index in [1.54, 1.807) is 41.2 Å². The highest BCUT2D eigenvalue weighted by atomic mass is 35.5. The molecule has 4 rings (SSSR count). The SMILES string of the molecule is Cc1cc(Nc2nccc3nn(-c4c(Cl)cccc4Cl)cc23)ncc1C#N. The minimum atomic E-state index is 0.502. The summed E-state index contributed by atoms with van der Waals surface area (Å²) in [6, 6.07) is 11.0. The van der Waals surface area contributed by atoms with E-state index in [-0.39, 0.29) is 0 Å². The number of halogens is 2. The highest BCUT2D eigenvalue weighted by Gasteiger charge is 2.13. The fourth-order valence-electron chi connectivity index (χ4n) is 2.73. The quantitative estimate of drug-likeness (QED) is 0.525. The molecule has 0 aliphatic carbocycles. The number of hydrogen-bond donors (Lipinski definition) is 1. The molecule has 0 amide bonds. The van der Waals surface area contributed by atoms with E-state index in [1.807, 2.05) is 13.1 Å². The molecule has 0 saturated heterocycles. The molecule has 0 aliphatic rings. The summed E-state index contributed by atoms with van der Waals surface area (Å²) in [4.78, 5) is 8.65. The zero-order valence-electron chi connectivity index (χ0n) is 14.1. The third kappa shape index (κ3) is 3.19. The van der Waals surface area contributed by atoms with Gasteiger partial charge in [0.05, 0.1) is 26.5 Å². The van der Waals surface area contributed by atoms with Crippen LogP contribution in [0, 0.1) is 18.3 Å². The predicted molar refractivity (Wildman–Crippen MR) is 106 cm³/mol. The number of benzene rings is 1. The van der Waals surface area contributed by atoms with E-state index >= 15 is 0 Å². The van der Waals surface area contributed by atoms with Crippen LogP contribution >= 0.6 is 23.2 Å². The van der Waals surface area contributed by atoms with Gasteiger partial charge in [-0.25, -0.2) is 14.6 Å². The predicted octanol–water partition coefficient (Wildman–Crippen LogP) is 5.05. The Hall–Kier alpha value is -3.14. The van der Waals surface area contributed by atoms with Crippen LogP contribution in [0.15, 0.2) is 48.9 Å². The lowest BCUT2D eigenvalue weighted by Crippen LogP contribution is -1.98. The molecule has 0 fully saturated rings. The van der Waals surface area contributed by atoms with Crippen molar-refractivity contribution in [2.24, 2.45) is 0 Å². The van der Waals surface area contributed by atoms with Crippen molar-refractivity contribution in [1.29, 1.82) is 5.26 Å². The Morgan fingerprint density at radius 2 is 1.93 bits per heavy atom. The van der Waals surface area contributed by atoms with Gasteiger partial charge < -0.3 is 5.32 Å². The maximum Gasteiger partial charge on any atom is 0.142 e. The number of hydrogen-bond acceptors (Lipinski definition) is 5. The lowest BCUT2D eigenvalue weighted by atomic mass is 10.2. The van der Waals surface area contributed by atoms with Gasteiger partial charge in [-0.2, -0.15) is 10.4 Å². The minimum Gasteiger partial charge on any atom is -0.324 e. The lowest BCUT2D eigenvalue weighted by molar-refractivity contribution is 0.897. The lowest BCUT2D eigenvalue weighted by Gasteiger charge is -2.07. The van der Waals surface area contributed by atoms with E-state index in [9.17, 15) is 0 Å². The van der Waals surface area contributed by atoms with Crippen LogP contribution in [0.2, 0.25) is 10.0 Å². The van der Waals surface area contributed by atoms with Crippen molar-refractivity contribution in [2.45, 2.75) is 6.92 Å². The number of para-hydroxylation sites is 1. The molecule has 4 aromatic rings. The summed E-state index contributed by atoms with van der Waals surface area (Å²) in [7, 11) is 0. The molecule has 1 aromatic carbocycles. The summed E-state index contributed by atoms with van der Waals surface area (Å²) in [5.41, 5.74) is 2.71. The zero-order valence-corrected chi connectivity index (χ0v) is 15.6. The van der Waals surface area contributed by atoms with Crippen LogP contribution in [0.25, 0.3) is 16.6 Å². The smallest absolute Gasteiger partial charge is 0.142 e. The van der Waals surface area contributed by atoms with Crippen LogP contribution in [0.5, 0.6) is 0 Å². The first-order valence-electron chi connectivity index (χ1n) is 7.99. The van der Waals surface area contributed by atoms with Gasteiger partial charge in [0.2, 0.25) is 0 Å². The molecule has 27 heavy (non-hydrogen) atoms. The molecule has 0 bridgehead atoms. The van der Waals surface area contributed by atoms with E-state index in [1.165, 1.54) is 6.20 Å². The summed E-state index contributed by atoms with van der Waals surface area (Å²) in [5, 5.41) is 18.6. The van der Waals surface area contributed by atoms with E-state index in [0.29, 0.717) is 32.9 Å². The van der Waals surface area contributed by atoms with Gasteiger partial charge in [-0.3, -0.25) is 0 Å². The van der Waals surface area contributed by atoms with Gasteiger partial charge in [0.1, 0.15) is 23.4 Å². The molecule has 0 spiro atoms. The Bertz CT molecular complexity index is 1190. The number of nitrogens with one attached hydrogen (secondary N) is 1. The van der Waals surface area contributed by atoms with Gasteiger partial charge in [-0.05, 0) is 36.8 Å². The van der Waals surface area contributed by atoms with Gasteiger partial charge in [-0.1, -0.05) is 29.3 Å². The number of aromatic nitrogens is 4. The number of fused-ring (bicyclic) bond motifs is 1.